The maximum Gasteiger partial charge on any atom is 0.260 e. The summed E-state index contributed by atoms with van der Waals surface area (Å²) in [5, 5.41) is 3.69. The lowest BCUT2D eigenvalue weighted by Crippen LogP contribution is -2.41. The van der Waals surface area contributed by atoms with E-state index < -0.39 is 0 Å². The third kappa shape index (κ3) is 5.94. The first-order valence-corrected chi connectivity index (χ1v) is 11.8. The van der Waals surface area contributed by atoms with Crippen LogP contribution in [0.2, 0.25) is 5.02 Å². The third-order valence-corrected chi connectivity index (χ3v) is 5.75. The van der Waals surface area contributed by atoms with Crippen molar-refractivity contribution in [2.24, 2.45) is 9.98 Å². The van der Waals surface area contributed by atoms with Crippen LogP contribution in [0.5, 0.6) is 0 Å². The number of hydroxylamine groups is 1. The van der Waals surface area contributed by atoms with Crippen molar-refractivity contribution >= 4 is 34.8 Å². The van der Waals surface area contributed by atoms with Crippen molar-refractivity contribution in [2.75, 3.05) is 33.7 Å². The summed E-state index contributed by atoms with van der Waals surface area (Å²) in [5.41, 5.74) is 5.59. The van der Waals surface area contributed by atoms with E-state index in [-0.39, 0.29) is 12.1 Å². The summed E-state index contributed by atoms with van der Waals surface area (Å²) >= 11 is 6.63. The smallest absolute Gasteiger partial charge is 0.260 e. The number of amidine groups is 2. The summed E-state index contributed by atoms with van der Waals surface area (Å²) < 4.78 is 0. The van der Waals surface area contributed by atoms with Crippen LogP contribution in [0.1, 0.15) is 38.3 Å². The summed E-state index contributed by atoms with van der Waals surface area (Å²) in [7, 11) is 4.08. The average molecular weight is 485 g/mol. The molecule has 9 heteroatoms. The Kier molecular flexibility index (Phi) is 8.66. The molecule has 2 aliphatic heterocycles. The van der Waals surface area contributed by atoms with Crippen molar-refractivity contribution in [3.63, 3.8) is 0 Å². The standard InChI is InChI=1S/C25H33ClN6O2/c1-7-18-14-21(20-11-10-19(15-22(20)26)23-29-17(4)34-30-23)25(33)32(8-2)24(18)28-16(3)27-12-9-13-31(5)6/h7,10-11,14-15,17,27H,3,8-9,12-13H2,1-2,4-6H3,(H,29,30)/b18-7-,28-24+. The molecule has 2 N–H and O–H groups in total. The molecular weight excluding hydrogens is 452 g/mol. The molecule has 34 heavy (non-hydrogen) atoms. The summed E-state index contributed by atoms with van der Waals surface area (Å²) in [6, 6.07) is 5.49. The Balaban J connectivity index is 1.87. The molecule has 2 aliphatic rings. The molecule has 0 spiro atoms. The number of carbonyl (C=O) groups is 1. The lowest BCUT2D eigenvalue weighted by molar-refractivity contribution is -0.121. The van der Waals surface area contributed by atoms with Crippen molar-refractivity contribution in [3.05, 3.63) is 64.5 Å². The number of amides is 1. The van der Waals surface area contributed by atoms with Crippen LogP contribution in [-0.4, -0.2) is 67.3 Å². The van der Waals surface area contributed by atoms with Crippen molar-refractivity contribution in [1.29, 1.82) is 0 Å². The van der Waals surface area contributed by atoms with Gasteiger partial charge >= 0.3 is 0 Å². The fourth-order valence-electron chi connectivity index (χ4n) is 3.69. The highest BCUT2D eigenvalue weighted by molar-refractivity contribution is 6.37. The largest absolute Gasteiger partial charge is 0.370 e. The third-order valence-electron chi connectivity index (χ3n) is 5.44. The van der Waals surface area contributed by atoms with Gasteiger partial charge < -0.3 is 10.2 Å². The van der Waals surface area contributed by atoms with Crippen LogP contribution in [0, 0.1) is 0 Å². The second kappa shape index (κ2) is 11.5. The van der Waals surface area contributed by atoms with E-state index in [1.54, 1.807) is 11.0 Å². The molecule has 1 atom stereocenters. The first-order chi connectivity index (χ1) is 16.2. The number of hydrogen-bond donors (Lipinski definition) is 2. The zero-order valence-corrected chi connectivity index (χ0v) is 21.2. The molecule has 3 rings (SSSR count). The van der Waals surface area contributed by atoms with Crippen LogP contribution in [0.4, 0.5) is 0 Å². The number of benzene rings is 1. The zero-order chi connectivity index (χ0) is 24.8. The summed E-state index contributed by atoms with van der Waals surface area (Å²) in [5.74, 6) is 1.56. The predicted molar refractivity (Wildman–Crippen MR) is 139 cm³/mol. The van der Waals surface area contributed by atoms with Crippen molar-refractivity contribution in [2.45, 2.75) is 33.4 Å². The Morgan fingerprint density at radius 2 is 2.21 bits per heavy atom. The lowest BCUT2D eigenvalue weighted by Gasteiger charge is -2.30. The SMILES string of the molecule is C=C(/N=C1\C(=C/C)C=C(c2ccc(C3=NC(C)ON3)cc2Cl)C(=O)N1CC)NCCCN(C)C. The maximum atomic E-state index is 13.5. The van der Waals surface area contributed by atoms with Gasteiger partial charge in [-0.3, -0.25) is 9.69 Å². The zero-order valence-electron chi connectivity index (χ0n) is 20.5. The van der Waals surface area contributed by atoms with Crippen molar-refractivity contribution in [1.82, 2.24) is 20.6 Å². The number of likely N-dealkylation sites (N-methyl/N-ethyl adjacent to an activating group) is 1. The van der Waals surface area contributed by atoms with Gasteiger partial charge in [0.25, 0.3) is 5.91 Å². The topological polar surface area (TPSA) is 81.6 Å². The van der Waals surface area contributed by atoms with Gasteiger partial charge in [0, 0.05) is 40.4 Å². The Labute approximate surface area is 206 Å². The van der Waals surface area contributed by atoms with E-state index in [1.165, 1.54) is 0 Å². The molecule has 182 valence electrons. The molecule has 1 aromatic rings. The van der Waals surface area contributed by atoms with Crippen molar-refractivity contribution < 1.29 is 9.63 Å². The quantitative estimate of drug-likeness (QED) is 0.524. The Hall–Kier alpha value is -2.94. The number of halogens is 1. The molecule has 0 aromatic heterocycles. The highest BCUT2D eigenvalue weighted by atomic mass is 35.5. The number of carbonyl (C=O) groups excluding carboxylic acids is 1. The van der Waals surface area contributed by atoms with Crippen LogP contribution < -0.4 is 10.8 Å². The molecule has 0 saturated heterocycles. The Morgan fingerprint density at radius 1 is 1.44 bits per heavy atom. The molecule has 0 aliphatic carbocycles. The summed E-state index contributed by atoms with van der Waals surface area (Å²) in [6.07, 6.45) is 4.48. The molecule has 0 radical (unpaired) electrons. The molecule has 1 amide bonds. The van der Waals surface area contributed by atoms with E-state index >= 15 is 0 Å². The van der Waals surface area contributed by atoms with E-state index in [4.69, 9.17) is 16.4 Å². The number of nitrogens with one attached hydrogen (secondary N) is 2. The number of nitrogens with zero attached hydrogens (tertiary/aromatic N) is 4. The number of hydrogen-bond acceptors (Lipinski definition) is 7. The minimum Gasteiger partial charge on any atom is -0.370 e. The van der Waals surface area contributed by atoms with Gasteiger partial charge in [-0.2, -0.15) is 0 Å². The average Bonchev–Trinajstić information content (AvgIpc) is 3.23. The van der Waals surface area contributed by atoms with Gasteiger partial charge in [-0.15, -0.1) is 0 Å². The second-order valence-corrected chi connectivity index (χ2v) is 8.72. The van der Waals surface area contributed by atoms with Gasteiger partial charge in [0.15, 0.2) is 12.1 Å². The highest BCUT2D eigenvalue weighted by Gasteiger charge is 2.31. The van der Waals surface area contributed by atoms with E-state index in [0.717, 1.165) is 30.6 Å². The van der Waals surface area contributed by atoms with E-state index in [9.17, 15) is 4.79 Å². The predicted octanol–water partition coefficient (Wildman–Crippen LogP) is 3.57. The minimum atomic E-state index is -0.263. The fraction of sp³-hybridized carbons (Fsp3) is 0.400. The first-order valence-electron chi connectivity index (χ1n) is 11.4. The molecule has 1 aromatic carbocycles. The highest BCUT2D eigenvalue weighted by Crippen LogP contribution is 2.32. The van der Waals surface area contributed by atoms with E-state index in [1.807, 2.05) is 59.2 Å². The van der Waals surface area contributed by atoms with Gasteiger partial charge in [-0.1, -0.05) is 36.4 Å². The van der Waals surface area contributed by atoms with Crippen LogP contribution >= 0.6 is 11.6 Å². The molecule has 0 bridgehead atoms. The summed E-state index contributed by atoms with van der Waals surface area (Å²) in [4.78, 5) is 31.5. The normalized spacial score (nSPS) is 20.6. The second-order valence-electron chi connectivity index (χ2n) is 8.31. The molecule has 0 fully saturated rings. The number of rotatable bonds is 9. The van der Waals surface area contributed by atoms with Gasteiger partial charge in [0.1, 0.15) is 11.7 Å². The van der Waals surface area contributed by atoms with E-state index in [2.05, 4.69) is 32.3 Å². The van der Waals surface area contributed by atoms with Crippen LogP contribution in [0.15, 0.2) is 58.3 Å². The fourth-order valence-corrected chi connectivity index (χ4v) is 3.97. The molecule has 8 nitrogen and oxygen atoms in total. The monoisotopic (exact) mass is 484 g/mol. The van der Waals surface area contributed by atoms with Gasteiger partial charge in [0.05, 0.1) is 0 Å². The summed E-state index contributed by atoms with van der Waals surface area (Å²) in [6.45, 7) is 11.9. The molecular formula is C25H33ClN6O2. The van der Waals surface area contributed by atoms with E-state index in [0.29, 0.717) is 40.2 Å². The van der Waals surface area contributed by atoms with Crippen LogP contribution in [-0.2, 0) is 9.63 Å². The number of aliphatic imine (C=N–C) groups is 2. The van der Waals surface area contributed by atoms with Crippen LogP contribution in [0.25, 0.3) is 5.57 Å². The van der Waals surface area contributed by atoms with Gasteiger partial charge in [-0.05, 0) is 60.0 Å². The first kappa shape index (κ1) is 25.7. The number of allylic oxidation sites excluding steroid dienone is 1. The molecule has 1 unspecified atom stereocenters. The van der Waals surface area contributed by atoms with Gasteiger partial charge in [0.2, 0.25) is 0 Å². The Bertz CT molecular complexity index is 1070. The lowest BCUT2D eigenvalue weighted by atomic mass is 9.95. The maximum absolute atomic E-state index is 13.5. The van der Waals surface area contributed by atoms with Crippen LogP contribution in [0.3, 0.4) is 0 Å². The van der Waals surface area contributed by atoms with Gasteiger partial charge in [-0.25, -0.2) is 20.3 Å². The van der Waals surface area contributed by atoms with Crippen molar-refractivity contribution in [3.8, 4) is 0 Å². The molecule has 2 heterocycles. The Morgan fingerprint density at radius 3 is 2.79 bits per heavy atom. The minimum absolute atomic E-state index is 0.157. The molecule has 0 saturated carbocycles.